The Morgan fingerprint density at radius 2 is 1.96 bits per heavy atom. The highest BCUT2D eigenvalue weighted by Gasteiger charge is 2.45. The Morgan fingerprint density at radius 1 is 1.25 bits per heavy atom. The lowest BCUT2D eigenvalue weighted by atomic mass is 10.0. The molecule has 142 valence electrons. The van der Waals surface area contributed by atoms with Crippen LogP contribution in [0.2, 0.25) is 0 Å². The molecule has 28 heavy (non-hydrogen) atoms. The smallest absolute Gasteiger partial charge is 0.291 e. The molecule has 1 amide bonds. The number of anilines is 1. The fraction of sp³-hybridized carbons (Fsp3) is 0.200. The molecule has 2 aromatic carbocycles. The van der Waals surface area contributed by atoms with Crippen molar-refractivity contribution in [3.05, 3.63) is 68.9 Å². The molecular weight excluding hydrogens is 440 g/mol. The first-order valence-corrected chi connectivity index (χ1v) is 10.6. The highest BCUT2D eigenvalue weighted by Crippen LogP contribution is 2.38. The van der Waals surface area contributed by atoms with Gasteiger partial charge in [-0.3, -0.25) is 14.6 Å². The number of aromatic nitrogens is 3. The lowest BCUT2D eigenvalue weighted by Gasteiger charge is -2.31. The van der Waals surface area contributed by atoms with Crippen LogP contribution in [0.1, 0.15) is 25.6 Å². The van der Waals surface area contributed by atoms with Crippen molar-refractivity contribution in [2.75, 3.05) is 10.7 Å². The Hall–Kier alpha value is -2.45. The molecule has 1 aliphatic heterocycles. The van der Waals surface area contributed by atoms with Crippen LogP contribution in [0.3, 0.4) is 0 Å². The normalized spacial score (nSPS) is 15.1. The van der Waals surface area contributed by atoms with E-state index in [-0.39, 0.29) is 11.5 Å². The van der Waals surface area contributed by atoms with Gasteiger partial charge in [-0.2, -0.15) is 0 Å². The number of nitrogens with one attached hydrogen (secondary N) is 1. The third-order valence-corrected chi connectivity index (χ3v) is 6.03. The predicted octanol–water partition coefficient (Wildman–Crippen LogP) is 3.51. The summed E-state index contributed by atoms with van der Waals surface area (Å²) < 4.78 is 2.51. The summed E-state index contributed by atoms with van der Waals surface area (Å²) in [6.07, 6.45) is -0.573. The summed E-state index contributed by atoms with van der Waals surface area (Å²) in [6.45, 7) is 3.53. The molecule has 0 spiro atoms. The Morgan fingerprint density at radius 3 is 2.68 bits per heavy atom. The number of carbonyl (C=O) groups excluding carboxylic acids is 1. The number of halogens is 1. The van der Waals surface area contributed by atoms with Gasteiger partial charge in [-0.15, -0.1) is 0 Å². The summed E-state index contributed by atoms with van der Waals surface area (Å²) in [4.78, 5) is 30.3. The minimum absolute atomic E-state index is 0.127. The lowest BCUT2D eigenvalue weighted by molar-refractivity contribution is -0.763. The van der Waals surface area contributed by atoms with E-state index in [9.17, 15) is 9.59 Å². The summed E-state index contributed by atoms with van der Waals surface area (Å²) >= 11 is 5.05. The molecule has 0 saturated heterocycles. The molecule has 0 bridgehead atoms. The summed E-state index contributed by atoms with van der Waals surface area (Å²) in [5.41, 5.74) is 2.44. The van der Waals surface area contributed by atoms with Crippen LogP contribution in [0.4, 0.5) is 5.69 Å². The first kappa shape index (κ1) is 18.9. The van der Waals surface area contributed by atoms with Gasteiger partial charge in [0.15, 0.2) is 0 Å². The van der Waals surface area contributed by atoms with Gasteiger partial charge in [-0.25, -0.2) is 4.90 Å². The fourth-order valence-corrected chi connectivity index (χ4v) is 4.55. The second-order valence-electron chi connectivity index (χ2n) is 6.29. The van der Waals surface area contributed by atoms with E-state index in [1.807, 2.05) is 55.5 Å². The zero-order valence-corrected chi connectivity index (χ0v) is 17.8. The second kappa shape index (κ2) is 7.52. The quantitative estimate of drug-likeness (QED) is 0.482. The van der Waals surface area contributed by atoms with Crippen LogP contribution in [0.25, 0.3) is 11.3 Å². The van der Waals surface area contributed by atoms with E-state index in [4.69, 9.17) is 5.10 Å². The summed E-state index contributed by atoms with van der Waals surface area (Å²) in [6, 6.07) is 15.1. The average molecular weight is 458 g/mol. The van der Waals surface area contributed by atoms with E-state index in [1.54, 1.807) is 9.58 Å². The van der Waals surface area contributed by atoms with Gasteiger partial charge in [-0.1, -0.05) is 58.9 Å². The number of rotatable bonds is 3. The molecule has 2 heterocycles. The van der Waals surface area contributed by atoms with Crippen molar-refractivity contribution in [1.29, 1.82) is 0 Å². The number of thioether (sulfide) groups is 1. The first-order valence-electron chi connectivity index (χ1n) is 8.85. The fourth-order valence-electron chi connectivity index (χ4n) is 3.48. The number of benzene rings is 2. The number of fused-ring (bicyclic) bond motifs is 3. The minimum Gasteiger partial charge on any atom is -0.291 e. The maximum absolute atomic E-state index is 13.0. The third kappa shape index (κ3) is 3.06. The first-order chi connectivity index (χ1) is 13.5. The van der Waals surface area contributed by atoms with Gasteiger partial charge in [0.25, 0.3) is 6.17 Å². The van der Waals surface area contributed by atoms with Crippen LogP contribution < -0.4 is 15.1 Å². The Balaban J connectivity index is 2.09. The minimum atomic E-state index is -0.573. The molecule has 1 atom stereocenters. The second-order valence-corrected chi connectivity index (χ2v) is 8.39. The van der Waals surface area contributed by atoms with Gasteiger partial charge in [-0.05, 0) is 34.7 Å². The molecule has 3 aromatic rings. The number of H-pyrrole nitrogens is 1. The number of nitrogens with zero attached hydrogens (tertiary/aromatic N) is 3. The van der Waals surface area contributed by atoms with Crippen LogP contribution in [0, 0.1) is 0 Å². The summed E-state index contributed by atoms with van der Waals surface area (Å²) in [5, 5.41) is 5.23. The van der Waals surface area contributed by atoms with Crippen molar-refractivity contribution >= 4 is 39.3 Å². The molecule has 0 radical (unpaired) electrons. The van der Waals surface area contributed by atoms with E-state index >= 15 is 0 Å². The van der Waals surface area contributed by atoms with E-state index < -0.39 is 6.17 Å². The van der Waals surface area contributed by atoms with Crippen molar-refractivity contribution in [3.8, 4) is 11.3 Å². The van der Waals surface area contributed by atoms with Gasteiger partial charge < -0.3 is 0 Å². The predicted molar refractivity (Wildman–Crippen MR) is 112 cm³/mol. The highest BCUT2D eigenvalue weighted by atomic mass is 79.9. The van der Waals surface area contributed by atoms with Crippen molar-refractivity contribution < 1.29 is 9.48 Å². The number of para-hydroxylation sites is 1. The van der Waals surface area contributed by atoms with Crippen molar-refractivity contribution in [2.45, 2.75) is 25.2 Å². The topological polar surface area (TPSA) is 69.9 Å². The van der Waals surface area contributed by atoms with Crippen LogP contribution in [0.15, 0.2) is 63.0 Å². The monoisotopic (exact) mass is 457 g/mol. The molecular formula is C20H18BrN4O2S+. The molecule has 0 aliphatic carbocycles. The standard InChI is InChI=1S/C20H17BrN4O2S/c1-3-28-20-22-18(27)17-14-9-5-7-11-16(14)24(12(2)26)19(25(17)23-20)13-8-4-6-10-15(13)21/h4-11,19H,3H2,1-2H3/p+1. The number of amides is 1. The molecule has 0 saturated carbocycles. The number of aromatic amines is 1. The maximum atomic E-state index is 13.0. The van der Waals surface area contributed by atoms with Gasteiger partial charge in [0.05, 0.1) is 16.8 Å². The van der Waals surface area contributed by atoms with Gasteiger partial charge in [0, 0.05) is 16.5 Å². The molecule has 1 unspecified atom stereocenters. The summed E-state index contributed by atoms with van der Waals surface area (Å²) in [7, 11) is 0. The van der Waals surface area contributed by atoms with E-state index in [0.29, 0.717) is 22.1 Å². The number of carbonyl (C=O) groups is 1. The van der Waals surface area contributed by atoms with Gasteiger partial charge >= 0.3 is 11.3 Å². The molecule has 6 nitrogen and oxygen atoms in total. The molecule has 1 aliphatic rings. The van der Waals surface area contributed by atoms with Crippen LogP contribution in [-0.4, -0.2) is 21.7 Å². The SMILES string of the molecule is CCSc1n[n+]2c(c(=O)[nH]1)-c1ccccc1N(C(C)=O)C2c1ccccc1Br. The van der Waals surface area contributed by atoms with Crippen molar-refractivity contribution in [2.24, 2.45) is 0 Å². The van der Waals surface area contributed by atoms with E-state index in [0.717, 1.165) is 15.8 Å². The maximum Gasteiger partial charge on any atom is 0.325 e. The van der Waals surface area contributed by atoms with Crippen molar-refractivity contribution in [1.82, 2.24) is 10.1 Å². The number of hydrogen-bond donors (Lipinski definition) is 1. The Kier molecular flexibility index (Phi) is 5.07. The van der Waals surface area contributed by atoms with E-state index in [1.165, 1.54) is 18.7 Å². The summed E-state index contributed by atoms with van der Waals surface area (Å²) in [5.74, 6) is 0.646. The zero-order chi connectivity index (χ0) is 19.8. The number of hydrogen-bond acceptors (Lipinski definition) is 4. The largest absolute Gasteiger partial charge is 0.325 e. The molecule has 8 heteroatoms. The van der Waals surface area contributed by atoms with Crippen LogP contribution >= 0.6 is 27.7 Å². The Bertz CT molecular complexity index is 1130. The molecule has 1 N–H and O–H groups in total. The molecule has 4 rings (SSSR count). The average Bonchev–Trinajstić information content (AvgIpc) is 2.67. The van der Waals surface area contributed by atoms with Crippen LogP contribution in [-0.2, 0) is 4.79 Å². The highest BCUT2D eigenvalue weighted by molar-refractivity contribution is 9.10. The van der Waals surface area contributed by atoms with Crippen LogP contribution in [0.5, 0.6) is 0 Å². The third-order valence-electron chi connectivity index (χ3n) is 4.56. The Labute approximate surface area is 174 Å². The molecule has 1 aromatic heterocycles. The zero-order valence-electron chi connectivity index (χ0n) is 15.3. The molecule has 0 fully saturated rings. The van der Waals surface area contributed by atoms with Gasteiger partial charge in [0.2, 0.25) is 11.1 Å². The van der Waals surface area contributed by atoms with Crippen molar-refractivity contribution in [3.63, 3.8) is 0 Å². The van der Waals surface area contributed by atoms with Gasteiger partial charge in [0.1, 0.15) is 0 Å². The van der Waals surface area contributed by atoms with E-state index in [2.05, 4.69) is 20.9 Å². The lowest BCUT2D eigenvalue weighted by Crippen LogP contribution is -2.60.